The van der Waals surface area contributed by atoms with E-state index < -0.39 is 66.2 Å². The van der Waals surface area contributed by atoms with Gasteiger partial charge in [0.25, 0.3) is 0 Å². The van der Waals surface area contributed by atoms with Gasteiger partial charge in [-0.25, -0.2) is 4.79 Å². The number of aliphatic carboxylic acids is 2. The summed E-state index contributed by atoms with van der Waals surface area (Å²) in [4.78, 5) is 71.7. The lowest BCUT2D eigenvalue weighted by molar-refractivity contribution is -0.143. The molecule has 0 saturated carbocycles. The second kappa shape index (κ2) is 15.6. The standard InChI is InChI=1S/C22H39N5O8/c1-11(2)9-13(23)19(31)27-16(10-12(3)4)21(33)25-14(6-8-18(29)30)20(32)26-15(22(34)35)5-7-17(24)28/h11-16H,5-10,23H2,1-4H3,(H2,24,28)(H,25,33)(H,26,32)(H,27,31)(H,29,30)(H,34,35). The molecule has 0 saturated heterocycles. The van der Waals surface area contributed by atoms with E-state index in [1.807, 2.05) is 27.7 Å². The summed E-state index contributed by atoms with van der Waals surface area (Å²) >= 11 is 0. The van der Waals surface area contributed by atoms with E-state index in [-0.39, 0.29) is 37.5 Å². The van der Waals surface area contributed by atoms with Crippen LogP contribution in [-0.2, 0) is 28.8 Å². The molecule has 0 aliphatic carbocycles. The molecule has 13 heteroatoms. The van der Waals surface area contributed by atoms with Crippen LogP contribution in [0.2, 0.25) is 0 Å². The summed E-state index contributed by atoms with van der Waals surface area (Å²) in [5.41, 5.74) is 10.9. The molecule has 0 rings (SSSR count). The van der Waals surface area contributed by atoms with Crippen molar-refractivity contribution in [3.63, 3.8) is 0 Å². The summed E-state index contributed by atoms with van der Waals surface area (Å²) in [6.45, 7) is 7.44. The summed E-state index contributed by atoms with van der Waals surface area (Å²) in [5, 5.41) is 25.5. The third-order valence-corrected chi connectivity index (χ3v) is 4.98. The summed E-state index contributed by atoms with van der Waals surface area (Å²) in [7, 11) is 0. The first kappa shape index (κ1) is 31.8. The van der Waals surface area contributed by atoms with Gasteiger partial charge < -0.3 is 37.6 Å². The Morgan fingerprint density at radius 2 is 1.14 bits per heavy atom. The van der Waals surface area contributed by atoms with Gasteiger partial charge in [-0.1, -0.05) is 27.7 Å². The van der Waals surface area contributed by atoms with Gasteiger partial charge in [-0.2, -0.15) is 0 Å². The number of primary amides is 1. The van der Waals surface area contributed by atoms with Crippen molar-refractivity contribution in [2.24, 2.45) is 23.3 Å². The average Bonchev–Trinajstić information content (AvgIpc) is 2.71. The molecule has 4 amide bonds. The van der Waals surface area contributed by atoms with E-state index in [0.717, 1.165) is 0 Å². The number of hydrogen-bond acceptors (Lipinski definition) is 7. The van der Waals surface area contributed by atoms with E-state index in [2.05, 4.69) is 16.0 Å². The molecular formula is C22H39N5O8. The molecule has 0 heterocycles. The highest BCUT2D eigenvalue weighted by molar-refractivity contribution is 5.94. The fourth-order valence-corrected chi connectivity index (χ4v) is 3.22. The largest absolute Gasteiger partial charge is 0.481 e. The molecule has 0 aromatic heterocycles. The molecule has 200 valence electrons. The Labute approximate surface area is 204 Å². The van der Waals surface area contributed by atoms with Crippen molar-refractivity contribution in [2.75, 3.05) is 0 Å². The SMILES string of the molecule is CC(C)CC(N)C(=O)NC(CC(C)C)C(=O)NC(CCC(=O)O)C(=O)NC(CCC(N)=O)C(=O)O. The van der Waals surface area contributed by atoms with Crippen LogP contribution in [0, 0.1) is 11.8 Å². The number of amides is 4. The van der Waals surface area contributed by atoms with Gasteiger partial charge in [-0.05, 0) is 37.5 Å². The van der Waals surface area contributed by atoms with E-state index >= 15 is 0 Å². The fraction of sp³-hybridized carbons (Fsp3) is 0.727. The number of carboxylic acid groups (broad SMARTS) is 2. The molecule has 0 fully saturated rings. The van der Waals surface area contributed by atoms with Crippen molar-refractivity contribution in [3.8, 4) is 0 Å². The van der Waals surface area contributed by atoms with Crippen LogP contribution in [0.4, 0.5) is 0 Å². The monoisotopic (exact) mass is 501 g/mol. The second-order valence-corrected chi connectivity index (χ2v) is 9.32. The zero-order valence-corrected chi connectivity index (χ0v) is 20.7. The molecule has 13 nitrogen and oxygen atoms in total. The zero-order valence-electron chi connectivity index (χ0n) is 20.7. The smallest absolute Gasteiger partial charge is 0.326 e. The molecule has 0 aliphatic rings. The number of carboxylic acids is 2. The van der Waals surface area contributed by atoms with Gasteiger partial charge in [0, 0.05) is 12.8 Å². The topological polar surface area (TPSA) is 231 Å². The van der Waals surface area contributed by atoms with Crippen LogP contribution in [0.3, 0.4) is 0 Å². The number of nitrogens with two attached hydrogens (primary N) is 2. The van der Waals surface area contributed by atoms with Crippen LogP contribution in [0.1, 0.15) is 66.2 Å². The Hall–Kier alpha value is -3.22. The minimum absolute atomic E-state index is 0.0242. The molecule has 35 heavy (non-hydrogen) atoms. The second-order valence-electron chi connectivity index (χ2n) is 9.32. The van der Waals surface area contributed by atoms with Crippen LogP contribution < -0.4 is 27.4 Å². The summed E-state index contributed by atoms with van der Waals surface area (Å²) in [6, 6.07) is -4.76. The van der Waals surface area contributed by atoms with E-state index in [1.165, 1.54) is 0 Å². The number of carbonyl (C=O) groups is 6. The van der Waals surface area contributed by atoms with Crippen LogP contribution in [0.25, 0.3) is 0 Å². The first-order valence-electron chi connectivity index (χ1n) is 11.5. The maximum atomic E-state index is 13.0. The van der Waals surface area contributed by atoms with Crippen molar-refractivity contribution in [3.05, 3.63) is 0 Å². The number of rotatable bonds is 17. The molecule has 0 aromatic carbocycles. The molecule has 9 N–H and O–H groups in total. The fourth-order valence-electron chi connectivity index (χ4n) is 3.22. The third-order valence-electron chi connectivity index (χ3n) is 4.98. The Morgan fingerprint density at radius 3 is 1.60 bits per heavy atom. The summed E-state index contributed by atoms with van der Waals surface area (Å²) < 4.78 is 0. The molecule has 4 atom stereocenters. The van der Waals surface area contributed by atoms with Crippen LogP contribution in [-0.4, -0.2) is 69.9 Å². The van der Waals surface area contributed by atoms with E-state index in [0.29, 0.717) is 6.42 Å². The van der Waals surface area contributed by atoms with Crippen LogP contribution >= 0.6 is 0 Å². The quantitative estimate of drug-likeness (QED) is 0.130. The van der Waals surface area contributed by atoms with E-state index in [4.69, 9.17) is 16.6 Å². The highest BCUT2D eigenvalue weighted by Gasteiger charge is 2.31. The highest BCUT2D eigenvalue weighted by Crippen LogP contribution is 2.09. The average molecular weight is 502 g/mol. The van der Waals surface area contributed by atoms with Crippen molar-refractivity contribution in [1.29, 1.82) is 0 Å². The van der Waals surface area contributed by atoms with Gasteiger partial charge >= 0.3 is 11.9 Å². The van der Waals surface area contributed by atoms with Crippen LogP contribution in [0.15, 0.2) is 0 Å². The van der Waals surface area contributed by atoms with E-state index in [1.54, 1.807) is 0 Å². The van der Waals surface area contributed by atoms with E-state index in [9.17, 15) is 33.9 Å². The first-order valence-corrected chi connectivity index (χ1v) is 11.5. The third kappa shape index (κ3) is 13.9. The van der Waals surface area contributed by atoms with Gasteiger partial charge in [0.05, 0.1) is 6.04 Å². The Balaban J connectivity index is 5.58. The van der Waals surface area contributed by atoms with Gasteiger partial charge in [0.2, 0.25) is 23.6 Å². The lowest BCUT2D eigenvalue weighted by atomic mass is 10.00. The number of carbonyl (C=O) groups excluding carboxylic acids is 4. The zero-order chi connectivity index (χ0) is 27.3. The maximum absolute atomic E-state index is 13.0. The molecule has 0 radical (unpaired) electrons. The molecule has 0 aliphatic heterocycles. The Bertz CT molecular complexity index is 771. The first-order chi connectivity index (χ1) is 16.1. The van der Waals surface area contributed by atoms with Gasteiger partial charge in [0.1, 0.15) is 18.1 Å². The summed E-state index contributed by atoms with van der Waals surface area (Å²) in [5.74, 6) is -5.51. The number of hydrogen-bond donors (Lipinski definition) is 7. The molecule has 0 aromatic rings. The lowest BCUT2D eigenvalue weighted by Gasteiger charge is -2.26. The normalized spacial score (nSPS) is 14.5. The van der Waals surface area contributed by atoms with Crippen molar-refractivity contribution in [1.82, 2.24) is 16.0 Å². The van der Waals surface area contributed by atoms with Crippen molar-refractivity contribution >= 4 is 35.6 Å². The Morgan fingerprint density at radius 1 is 0.686 bits per heavy atom. The van der Waals surface area contributed by atoms with Gasteiger partial charge in [-0.3, -0.25) is 24.0 Å². The summed E-state index contributed by atoms with van der Waals surface area (Å²) in [6.07, 6.45) is -0.788. The Kier molecular flexibility index (Phi) is 14.2. The lowest BCUT2D eigenvalue weighted by Crippen LogP contribution is -2.57. The minimum Gasteiger partial charge on any atom is -0.481 e. The molecule has 4 unspecified atom stereocenters. The maximum Gasteiger partial charge on any atom is 0.326 e. The molecule has 0 bridgehead atoms. The predicted molar refractivity (Wildman–Crippen MR) is 126 cm³/mol. The molecule has 0 spiro atoms. The van der Waals surface area contributed by atoms with Crippen LogP contribution in [0.5, 0.6) is 0 Å². The minimum atomic E-state index is -1.47. The van der Waals surface area contributed by atoms with Crippen molar-refractivity contribution in [2.45, 2.75) is 90.4 Å². The predicted octanol–water partition coefficient (Wildman–Crippen LogP) is -0.925. The van der Waals surface area contributed by atoms with Gasteiger partial charge in [0.15, 0.2) is 0 Å². The van der Waals surface area contributed by atoms with Crippen molar-refractivity contribution < 1.29 is 39.0 Å². The molecular weight excluding hydrogens is 462 g/mol. The number of nitrogens with one attached hydrogen (secondary N) is 3. The highest BCUT2D eigenvalue weighted by atomic mass is 16.4. The van der Waals surface area contributed by atoms with Gasteiger partial charge in [-0.15, -0.1) is 0 Å².